The summed E-state index contributed by atoms with van der Waals surface area (Å²) < 4.78 is 1.55. The van der Waals surface area contributed by atoms with Gasteiger partial charge in [-0.05, 0) is 28.5 Å². The number of hydrogen-bond donors (Lipinski definition) is 1. The molecule has 0 amide bonds. The van der Waals surface area contributed by atoms with Gasteiger partial charge in [0.15, 0.2) is 0 Å². The summed E-state index contributed by atoms with van der Waals surface area (Å²) in [4.78, 5) is 24.1. The van der Waals surface area contributed by atoms with E-state index in [0.29, 0.717) is 18.8 Å². The maximum absolute atomic E-state index is 10.9. The zero-order chi connectivity index (χ0) is 15.4. The highest BCUT2D eigenvalue weighted by molar-refractivity contribution is 5.62. The third-order valence-corrected chi connectivity index (χ3v) is 2.80. The first-order valence-corrected chi connectivity index (χ1v) is 6.18. The molecule has 21 heavy (non-hydrogen) atoms. The smallest absolute Gasteiger partial charge is 0.380 e. The molecular weight excluding hydrogens is 278 g/mol. The Hall–Kier alpha value is -2.97. The van der Waals surface area contributed by atoms with Crippen LogP contribution in [0, 0.1) is 20.2 Å². The van der Waals surface area contributed by atoms with Gasteiger partial charge < -0.3 is 20.0 Å². The first kappa shape index (κ1) is 14.4. The summed E-state index contributed by atoms with van der Waals surface area (Å²) >= 11 is 0. The minimum atomic E-state index is -0.573. The molecule has 0 atom stereocenters. The topological polar surface area (TPSA) is 116 Å². The third kappa shape index (κ3) is 3.32. The summed E-state index contributed by atoms with van der Waals surface area (Å²) in [5, 5.41) is 24.4. The minimum Gasteiger partial charge on any atom is -0.380 e. The van der Waals surface area contributed by atoms with Crippen molar-refractivity contribution in [3.63, 3.8) is 0 Å². The van der Waals surface area contributed by atoms with E-state index in [9.17, 15) is 20.2 Å². The first-order valence-electron chi connectivity index (χ1n) is 6.18. The Bertz CT molecular complexity index is 682. The lowest BCUT2D eigenvalue weighted by molar-refractivity contribution is -0.389. The van der Waals surface area contributed by atoms with Crippen molar-refractivity contribution in [1.29, 1.82) is 0 Å². The lowest BCUT2D eigenvalue weighted by Gasteiger charge is -2.07. The van der Waals surface area contributed by atoms with Gasteiger partial charge >= 0.3 is 5.82 Å². The second kappa shape index (κ2) is 5.99. The van der Waals surface area contributed by atoms with E-state index in [1.165, 1.54) is 18.6 Å². The van der Waals surface area contributed by atoms with Crippen molar-refractivity contribution in [2.24, 2.45) is 0 Å². The molecule has 0 bridgehead atoms. The van der Waals surface area contributed by atoms with E-state index < -0.39 is 9.85 Å². The van der Waals surface area contributed by atoms with Crippen molar-refractivity contribution in [3.05, 3.63) is 56.5 Å². The van der Waals surface area contributed by atoms with Gasteiger partial charge in [-0.15, -0.1) is 0 Å². The van der Waals surface area contributed by atoms with Gasteiger partial charge in [-0.1, -0.05) is 6.07 Å². The average Bonchev–Trinajstić information content (AvgIpc) is 2.88. The minimum absolute atomic E-state index is 0.00258. The molecule has 9 heteroatoms. The number of anilines is 1. The molecule has 0 saturated heterocycles. The van der Waals surface area contributed by atoms with Gasteiger partial charge in [0.2, 0.25) is 6.33 Å². The molecule has 2 aromatic rings. The molecule has 0 aliphatic rings. The number of nitrogens with zero attached hydrogens (tertiary/aromatic N) is 4. The predicted molar refractivity (Wildman–Crippen MR) is 75.2 cm³/mol. The summed E-state index contributed by atoms with van der Waals surface area (Å²) in [6, 6.07) is 4.69. The number of rotatable bonds is 6. The number of nitro groups is 2. The van der Waals surface area contributed by atoms with Crippen LogP contribution in [0.3, 0.4) is 0 Å². The van der Waals surface area contributed by atoms with Crippen LogP contribution in [0.15, 0.2) is 30.7 Å². The highest BCUT2D eigenvalue weighted by Crippen LogP contribution is 2.25. The first-order chi connectivity index (χ1) is 10.0. The lowest BCUT2D eigenvalue weighted by Crippen LogP contribution is -2.03. The fourth-order valence-corrected chi connectivity index (χ4v) is 1.91. The maximum atomic E-state index is 10.9. The molecule has 1 N–H and O–H groups in total. The molecule has 1 aromatic carbocycles. The van der Waals surface area contributed by atoms with Gasteiger partial charge in [0.25, 0.3) is 5.69 Å². The molecular formula is C12H13N5O4. The number of aromatic nitrogens is 2. The SMILES string of the molecule is CCNc1cc(Cn2cnc([N+](=O)[O-])c2)ccc1[N+](=O)[O-]. The van der Waals surface area contributed by atoms with Gasteiger partial charge in [0.1, 0.15) is 11.9 Å². The number of nitro benzene ring substituents is 1. The lowest BCUT2D eigenvalue weighted by atomic mass is 10.1. The number of hydrogen-bond acceptors (Lipinski definition) is 6. The standard InChI is InChI=1S/C12H13N5O4/c1-2-13-10-5-9(3-4-11(10)16(18)19)6-15-7-12(14-8-15)17(20)21/h3-5,7-8,13H,2,6H2,1H3. The second-order valence-corrected chi connectivity index (χ2v) is 4.30. The highest BCUT2D eigenvalue weighted by atomic mass is 16.6. The molecule has 0 radical (unpaired) electrons. The van der Waals surface area contributed by atoms with E-state index in [1.807, 2.05) is 6.92 Å². The van der Waals surface area contributed by atoms with Crippen molar-refractivity contribution in [3.8, 4) is 0 Å². The summed E-state index contributed by atoms with van der Waals surface area (Å²) in [5.41, 5.74) is 1.20. The van der Waals surface area contributed by atoms with Crippen molar-refractivity contribution >= 4 is 17.2 Å². The number of nitrogens with one attached hydrogen (secondary N) is 1. The van der Waals surface area contributed by atoms with E-state index >= 15 is 0 Å². The Morgan fingerprint density at radius 3 is 2.62 bits per heavy atom. The molecule has 1 aromatic heterocycles. The summed E-state index contributed by atoms with van der Waals surface area (Å²) in [7, 11) is 0. The molecule has 0 fully saturated rings. The van der Waals surface area contributed by atoms with Crippen molar-refractivity contribution in [2.45, 2.75) is 13.5 Å². The number of imidazole rings is 1. The Morgan fingerprint density at radius 1 is 1.29 bits per heavy atom. The Kier molecular flexibility index (Phi) is 4.12. The maximum Gasteiger partial charge on any atom is 0.381 e. The van der Waals surface area contributed by atoms with E-state index in [4.69, 9.17) is 0 Å². The molecule has 0 saturated carbocycles. The van der Waals surface area contributed by atoms with Crippen LogP contribution in [-0.4, -0.2) is 25.9 Å². The predicted octanol–water partition coefficient (Wildman–Crippen LogP) is 2.18. The Morgan fingerprint density at radius 2 is 2.05 bits per heavy atom. The molecule has 2 rings (SSSR count). The van der Waals surface area contributed by atoms with Crippen LogP contribution in [0.1, 0.15) is 12.5 Å². The van der Waals surface area contributed by atoms with E-state index in [2.05, 4.69) is 10.3 Å². The van der Waals surface area contributed by atoms with E-state index in [-0.39, 0.29) is 11.5 Å². The fraction of sp³-hybridized carbons (Fsp3) is 0.250. The summed E-state index contributed by atoms with van der Waals surface area (Å²) in [6.45, 7) is 2.74. The molecule has 1 heterocycles. The van der Waals surface area contributed by atoms with Gasteiger partial charge in [-0.25, -0.2) is 0 Å². The van der Waals surface area contributed by atoms with Crippen LogP contribution in [-0.2, 0) is 6.54 Å². The second-order valence-electron chi connectivity index (χ2n) is 4.30. The summed E-state index contributed by atoms with van der Waals surface area (Å²) in [5.74, 6) is -0.233. The van der Waals surface area contributed by atoms with Gasteiger partial charge in [-0.2, -0.15) is 0 Å². The molecule has 9 nitrogen and oxygen atoms in total. The zero-order valence-corrected chi connectivity index (χ0v) is 11.2. The summed E-state index contributed by atoms with van der Waals surface area (Å²) in [6.07, 6.45) is 2.67. The molecule has 0 unspecified atom stereocenters. The molecule has 0 aliphatic heterocycles. The van der Waals surface area contributed by atoms with Crippen LogP contribution < -0.4 is 5.32 Å². The average molecular weight is 291 g/mol. The highest BCUT2D eigenvalue weighted by Gasteiger charge is 2.15. The van der Waals surface area contributed by atoms with E-state index in [1.54, 1.807) is 16.7 Å². The van der Waals surface area contributed by atoms with Crippen molar-refractivity contribution in [2.75, 3.05) is 11.9 Å². The third-order valence-electron chi connectivity index (χ3n) is 2.80. The number of benzene rings is 1. The van der Waals surface area contributed by atoms with Gasteiger partial charge in [-0.3, -0.25) is 10.1 Å². The van der Waals surface area contributed by atoms with Crippen LogP contribution in [0.5, 0.6) is 0 Å². The molecule has 0 aliphatic carbocycles. The van der Waals surface area contributed by atoms with Crippen molar-refractivity contribution in [1.82, 2.24) is 9.55 Å². The Balaban J connectivity index is 2.25. The van der Waals surface area contributed by atoms with Crippen LogP contribution in [0.25, 0.3) is 0 Å². The molecule has 110 valence electrons. The van der Waals surface area contributed by atoms with E-state index in [0.717, 1.165) is 5.56 Å². The van der Waals surface area contributed by atoms with Crippen LogP contribution in [0.2, 0.25) is 0 Å². The largest absolute Gasteiger partial charge is 0.381 e. The van der Waals surface area contributed by atoms with Crippen molar-refractivity contribution < 1.29 is 9.85 Å². The zero-order valence-electron chi connectivity index (χ0n) is 11.2. The van der Waals surface area contributed by atoms with Crippen LogP contribution in [0.4, 0.5) is 17.2 Å². The quantitative estimate of drug-likeness (QED) is 0.644. The van der Waals surface area contributed by atoms with Gasteiger partial charge in [0.05, 0.1) is 11.5 Å². The Labute approximate surface area is 119 Å². The van der Waals surface area contributed by atoms with Gasteiger partial charge in [0, 0.05) is 12.6 Å². The normalized spacial score (nSPS) is 10.3. The molecule has 0 spiro atoms. The fourth-order valence-electron chi connectivity index (χ4n) is 1.91. The monoisotopic (exact) mass is 291 g/mol. The van der Waals surface area contributed by atoms with Crippen LogP contribution >= 0.6 is 0 Å².